The molecule has 0 bridgehead atoms. The molecule has 0 saturated heterocycles. The monoisotopic (exact) mass is 376 g/mol. The van der Waals surface area contributed by atoms with Gasteiger partial charge in [-0.05, 0) is 61.5 Å². The minimum atomic E-state index is -0.559. The van der Waals surface area contributed by atoms with Gasteiger partial charge in [0.15, 0.2) is 0 Å². The highest BCUT2D eigenvalue weighted by Gasteiger charge is 2.30. The Kier molecular flexibility index (Phi) is 5.16. The second-order valence-corrected chi connectivity index (χ2v) is 8.57. The van der Waals surface area contributed by atoms with Gasteiger partial charge in [-0.2, -0.15) is 0 Å². The molecule has 1 amide bonds. The summed E-state index contributed by atoms with van der Waals surface area (Å²) in [5, 5.41) is 0.971. The molecule has 1 N–H and O–H groups in total. The summed E-state index contributed by atoms with van der Waals surface area (Å²) in [5.74, 6) is -0.00932. The molecule has 28 heavy (non-hydrogen) atoms. The number of hydrogen-bond acceptors (Lipinski definition) is 2. The number of aromatic amines is 1. The average molecular weight is 377 g/mol. The quantitative estimate of drug-likeness (QED) is 0.697. The summed E-state index contributed by atoms with van der Waals surface area (Å²) in [6, 6.07) is 13.8. The van der Waals surface area contributed by atoms with E-state index in [1.807, 2.05) is 84.0 Å². The van der Waals surface area contributed by atoms with E-state index in [1.54, 1.807) is 4.90 Å². The zero-order chi connectivity index (χ0) is 20.6. The summed E-state index contributed by atoms with van der Waals surface area (Å²) in [6.45, 7) is 12.0. The Morgan fingerprint density at radius 1 is 1.04 bits per heavy atom. The van der Waals surface area contributed by atoms with Gasteiger partial charge in [0, 0.05) is 22.2 Å². The van der Waals surface area contributed by atoms with Crippen molar-refractivity contribution in [3.05, 3.63) is 75.1 Å². The van der Waals surface area contributed by atoms with Crippen LogP contribution in [0.25, 0.3) is 10.9 Å². The van der Waals surface area contributed by atoms with E-state index in [2.05, 4.69) is 4.98 Å². The second kappa shape index (κ2) is 7.27. The molecule has 0 aliphatic carbocycles. The van der Waals surface area contributed by atoms with Gasteiger partial charge < -0.3 is 9.88 Å². The van der Waals surface area contributed by atoms with Crippen LogP contribution in [0, 0.1) is 26.2 Å². The molecule has 0 aliphatic heterocycles. The zero-order valence-electron chi connectivity index (χ0n) is 17.5. The van der Waals surface area contributed by atoms with Crippen molar-refractivity contribution in [2.75, 3.05) is 4.90 Å². The molecule has 0 saturated carbocycles. The molecular formula is C24H28N2O2. The van der Waals surface area contributed by atoms with E-state index >= 15 is 0 Å². The van der Waals surface area contributed by atoms with E-state index < -0.39 is 5.41 Å². The minimum absolute atomic E-state index is 0.00932. The third-order valence-electron chi connectivity index (χ3n) is 5.16. The highest BCUT2D eigenvalue weighted by molar-refractivity contribution is 5.97. The van der Waals surface area contributed by atoms with Crippen LogP contribution < -0.4 is 10.5 Å². The van der Waals surface area contributed by atoms with Crippen molar-refractivity contribution in [1.82, 2.24) is 4.98 Å². The number of nitrogens with zero attached hydrogens (tertiary/aromatic N) is 1. The van der Waals surface area contributed by atoms with Gasteiger partial charge in [-0.25, -0.2) is 0 Å². The van der Waals surface area contributed by atoms with Crippen LogP contribution >= 0.6 is 0 Å². The van der Waals surface area contributed by atoms with Gasteiger partial charge in [0.2, 0.25) is 5.91 Å². The maximum atomic E-state index is 13.3. The zero-order valence-corrected chi connectivity index (χ0v) is 17.5. The van der Waals surface area contributed by atoms with Gasteiger partial charge in [0.05, 0.1) is 6.54 Å². The van der Waals surface area contributed by atoms with Gasteiger partial charge in [-0.3, -0.25) is 9.59 Å². The fourth-order valence-corrected chi connectivity index (χ4v) is 3.36. The number of aryl methyl sites for hydroxylation is 2. The van der Waals surface area contributed by atoms with Crippen LogP contribution in [-0.2, 0) is 11.3 Å². The highest BCUT2D eigenvalue weighted by atomic mass is 16.2. The number of carbonyl (C=O) groups excluding carboxylic acids is 1. The minimum Gasteiger partial charge on any atom is -0.322 e. The van der Waals surface area contributed by atoms with Crippen molar-refractivity contribution in [1.29, 1.82) is 0 Å². The van der Waals surface area contributed by atoms with Gasteiger partial charge >= 0.3 is 0 Å². The number of amides is 1. The first-order valence-electron chi connectivity index (χ1n) is 9.58. The molecule has 0 radical (unpaired) electrons. The molecule has 4 heteroatoms. The fourth-order valence-electron chi connectivity index (χ4n) is 3.36. The van der Waals surface area contributed by atoms with Gasteiger partial charge in [-0.15, -0.1) is 0 Å². The topological polar surface area (TPSA) is 53.2 Å². The van der Waals surface area contributed by atoms with Gasteiger partial charge in [-0.1, -0.05) is 44.5 Å². The van der Waals surface area contributed by atoms with Gasteiger partial charge in [0.25, 0.3) is 5.56 Å². The fraction of sp³-hybridized carbons (Fsp3) is 0.333. The van der Waals surface area contributed by atoms with Crippen molar-refractivity contribution in [3.8, 4) is 0 Å². The number of nitrogens with one attached hydrogen (secondary N) is 1. The van der Waals surface area contributed by atoms with Crippen molar-refractivity contribution in [3.63, 3.8) is 0 Å². The molecule has 1 aromatic heterocycles. The molecule has 1 heterocycles. The number of fused-ring (bicyclic) bond motifs is 1. The van der Waals surface area contributed by atoms with Gasteiger partial charge in [0.1, 0.15) is 0 Å². The Balaban J connectivity index is 2.13. The summed E-state index contributed by atoms with van der Waals surface area (Å²) in [5.41, 5.74) is 4.81. The molecule has 0 spiro atoms. The standard InChI is InChI=1S/C24H28N2O2/c1-15-10-11-20-18(12-15)13-19(22(27)25-20)14-26(23(28)24(4,5)6)21-9-7-8-16(2)17(21)3/h7-13H,14H2,1-6H3,(H,25,27). The van der Waals surface area contributed by atoms with E-state index in [9.17, 15) is 9.59 Å². The molecule has 0 atom stereocenters. The Morgan fingerprint density at radius 2 is 1.75 bits per heavy atom. The molecule has 0 unspecified atom stereocenters. The summed E-state index contributed by atoms with van der Waals surface area (Å²) >= 11 is 0. The lowest BCUT2D eigenvalue weighted by atomic mass is 9.93. The number of anilines is 1. The Morgan fingerprint density at radius 3 is 2.43 bits per heavy atom. The largest absolute Gasteiger partial charge is 0.322 e. The van der Waals surface area contributed by atoms with Crippen LogP contribution in [0.2, 0.25) is 0 Å². The van der Waals surface area contributed by atoms with Crippen LogP contribution in [0.1, 0.15) is 43.0 Å². The number of aromatic nitrogens is 1. The summed E-state index contributed by atoms with van der Waals surface area (Å²) in [6.07, 6.45) is 0. The lowest BCUT2D eigenvalue weighted by Crippen LogP contribution is -2.40. The molecular weight excluding hydrogens is 348 g/mol. The van der Waals surface area contributed by atoms with E-state index in [0.29, 0.717) is 5.56 Å². The van der Waals surface area contributed by atoms with Crippen molar-refractivity contribution >= 4 is 22.5 Å². The van der Waals surface area contributed by atoms with E-state index in [-0.39, 0.29) is 18.0 Å². The molecule has 3 rings (SSSR count). The third kappa shape index (κ3) is 3.86. The maximum Gasteiger partial charge on any atom is 0.253 e. The molecule has 0 fully saturated rings. The smallest absolute Gasteiger partial charge is 0.253 e. The first-order valence-corrected chi connectivity index (χ1v) is 9.58. The molecule has 2 aromatic carbocycles. The summed E-state index contributed by atoms with van der Waals surface area (Å²) in [7, 11) is 0. The summed E-state index contributed by atoms with van der Waals surface area (Å²) in [4.78, 5) is 30.7. The maximum absolute atomic E-state index is 13.3. The first-order chi connectivity index (χ1) is 13.1. The van der Waals surface area contributed by atoms with Crippen LogP contribution in [0.15, 0.2) is 47.3 Å². The number of carbonyl (C=O) groups is 1. The normalized spacial score (nSPS) is 11.6. The Bertz CT molecular complexity index is 1100. The van der Waals surface area contributed by atoms with Crippen molar-refractivity contribution in [2.45, 2.75) is 48.1 Å². The molecule has 146 valence electrons. The predicted octanol–water partition coefficient (Wildman–Crippen LogP) is 5.03. The molecule has 0 aliphatic rings. The molecule has 3 aromatic rings. The average Bonchev–Trinajstić information content (AvgIpc) is 2.61. The number of hydrogen-bond donors (Lipinski definition) is 1. The number of benzene rings is 2. The SMILES string of the molecule is Cc1ccc2[nH]c(=O)c(CN(C(=O)C(C)(C)C)c3cccc(C)c3C)cc2c1. The van der Waals surface area contributed by atoms with Crippen LogP contribution in [0.5, 0.6) is 0 Å². The lowest BCUT2D eigenvalue weighted by Gasteiger charge is -2.31. The van der Waals surface area contributed by atoms with Crippen LogP contribution in [0.3, 0.4) is 0 Å². The highest BCUT2D eigenvalue weighted by Crippen LogP contribution is 2.29. The Labute approximate surface area is 166 Å². The van der Waals surface area contributed by atoms with E-state index in [0.717, 1.165) is 33.3 Å². The first kappa shape index (κ1) is 19.9. The number of rotatable bonds is 3. The van der Waals surface area contributed by atoms with E-state index in [1.165, 1.54) is 0 Å². The second-order valence-electron chi connectivity index (χ2n) is 8.57. The van der Waals surface area contributed by atoms with Crippen LogP contribution in [0.4, 0.5) is 5.69 Å². The van der Waals surface area contributed by atoms with Crippen molar-refractivity contribution < 1.29 is 4.79 Å². The van der Waals surface area contributed by atoms with E-state index in [4.69, 9.17) is 0 Å². The Hall–Kier alpha value is -2.88. The third-order valence-corrected chi connectivity index (χ3v) is 5.16. The number of pyridine rings is 1. The summed E-state index contributed by atoms with van der Waals surface area (Å²) < 4.78 is 0. The molecule has 4 nitrogen and oxygen atoms in total. The lowest BCUT2D eigenvalue weighted by molar-refractivity contribution is -0.125. The van der Waals surface area contributed by atoms with Crippen LogP contribution in [-0.4, -0.2) is 10.9 Å². The predicted molar refractivity (Wildman–Crippen MR) is 116 cm³/mol. The van der Waals surface area contributed by atoms with Crippen molar-refractivity contribution in [2.24, 2.45) is 5.41 Å². The number of H-pyrrole nitrogens is 1.